The molecule has 0 aromatic heterocycles. The van der Waals surface area contributed by atoms with Gasteiger partial charge in [-0.3, -0.25) is 9.59 Å². The summed E-state index contributed by atoms with van der Waals surface area (Å²) in [4.78, 5) is 27.4. The number of hydrogen-bond acceptors (Lipinski definition) is 5. The fourth-order valence-corrected chi connectivity index (χ4v) is 3.57. The number of anilines is 1. The van der Waals surface area contributed by atoms with E-state index in [0.29, 0.717) is 30.2 Å². The van der Waals surface area contributed by atoms with Crippen molar-refractivity contribution in [2.45, 2.75) is 26.0 Å². The van der Waals surface area contributed by atoms with Crippen LogP contribution >= 0.6 is 0 Å². The summed E-state index contributed by atoms with van der Waals surface area (Å²) < 4.78 is 25.0. The largest absolute Gasteiger partial charge is 0.491 e. The Balaban J connectivity index is 1.89. The summed E-state index contributed by atoms with van der Waals surface area (Å²) in [6.07, 6.45) is -0.136. The lowest BCUT2D eigenvalue weighted by molar-refractivity contribution is 0.0281. The van der Waals surface area contributed by atoms with Crippen LogP contribution in [0.25, 0.3) is 0 Å². The smallest absolute Gasteiger partial charge is 0.257 e. The van der Waals surface area contributed by atoms with Gasteiger partial charge in [-0.2, -0.15) is 0 Å². The van der Waals surface area contributed by atoms with Crippen LogP contribution in [0, 0.1) is 11.7 Å². The second-order valence-electron chi connectivity index (χ2n) is 8.23. The number of benzene rings is 2. The fourth-order valence-electron chi connectivity index (χ4n) is 3.57. The molecule has 0 unspecified atom stereocenters. The number of amides is 2. The molecule has 0 aliphatic carbocycles. The van der Waals surface area contributed by atoms with E-state index in [1.165, 1.54) is 18.2 Å². The zero-order valence-corrected chi connectivity index (χ0v) is 18.9. The minimum Gasteiger partial charge on any atom is -0.491 e. The molecule has 1 aliphatic rings. The molecule has 0 radical (unpaired) electrons. The van der Waals surface area contributed by atoms with E-state index < -0.39 is 11.7 Å². The third-order valence-corrected chi connectivity index (χ3v) is 5.57. The van der Waals surface area contributed by atoms with Crippen LogP contribution in [0.15, 0.2) is 42.5 Å². The molecule has 8 heteroatoms. The van der Waals surface area contributed by atoms with E-state index in [1.54, 1.807) is 37.3 Å². The third-order valence-electron chi connectivity index (χ3n) is 5.57. The van der Waals surface area contributed by atoms with Crippen molar-refractivity contribution in [3.63, 3.8) is 0 Å². The number of methoxy groups -OCH3 is 1. The molecule has 2 amide bonds. The van der Waals surface area contributed by atoms with Gasteiger partial charge >= 0.3 is 0 Å². The normalized spacial score (nSPS) is 22.2. The predicted molar refractivity (Wildman–Crippen MR) is 121 cm³/mol. The molecule has 32 heavy (non-hydrogen) atoms. The van der Waals surface area contributed by atoms with Crippen LogP contribution in [-0.2, 0) is 4.74 Å². The highest BCUT2D eigenvalue weighted by Gasteiger charge is 2.25. The van der Waals surface area contributed by atoms with E-state index in [1.807, 2.05) is 6.92 Å². The van der Waals surface area contributed by atoms with Gasteiger partial charge < -0.3 is 25.0 Å². The molecule has 0 saturated heterocycles. The number of ether oxygens (including phenoxy) is 2. The molecule has 3 rings (SSSR count). The molecule has 0 fully saturated rings. The molecule has 0 bridgehead atoms. The highest BCUT2D eigenvalue weighted by atomic mass is 19.1. The number of fused-ring (bicyclic) bond motifs is 1. The van der Waals surface area contributed by atoms with Gasteiger partial charge in [0.25, 0.3) is 11.8 Å². The van der Waals surface area contributed by atoms with Crippen LogP contribution in [0.1, 0.15) is 34.6 Å². The van der Waals surface area contributed by atoms with E-state index in [-0.39, 0.29) is 29.5 Å². The van der Waals surface area contributed by atoms with E-state index >= 15 is 0 Å². The van der Waals surface area contributed by atoms with Gasteiger partial charge in [-0.15, -0.1) is 0 Å². The molecule has 1 heterocycles. The zero-order valence-electron chi connectivity index (χ0n) is 18.9. The van der Waals surface area contributed by atoms with Gasteiger partial charge in [-0.05, 0) is 49.2 Å². The maximum Gasteiger partial charge on any atom is 0.257 e. The van der Waals surface area contributed by atoms with Gasteiger partial charge in [0.2, 0.25) is 0 Å². The van der Waals surface area contributed by atoms with Crippen LogP contribution in [-0.4, -0.2) is 62.7 Å². The average molecular weight is 444 g/mol. The third kappa shape index (κ3) is 5.83. The quantitative estimate of drug-likeness (QED) is 0.762. The van der Waals surface area contributed by atoms with Crippen LogP contribution in [0.3, 0.4) is 0 Å². The first-order chi connectivity index (χ1) is 15.3. The van der Waals surface area contributed by atoms with Crippen molar-refractivity contribution < 1.29 is 23.5 Å². The molecule has 0 spiro atoms. The molecular weight excluding hydrogens is 413 g/mol. The van der Waals surface area contributed by atoms with Crippen molar-refractivity contribution in [1.82, 2.24) is 10.2 Å². The number of nitrogens with zero attached hydrogens (tertiary/aromatic N) is 1. The Labute approximate surface area is 187 Å². The van der Waals surface area contributed by atoms with E-state index in [2.05, 4.69) is 17.6 Å². The minimum absolute atomic E-state index is 0.0717. The molecule has 7 nitrogen and oxygen atoms in total. The molecular formula is C24H30FN3O4. The first-order valence-corrected chi connectivity index (χ1v) is 10.6. The Morgan fingerprint density at radius 1 is 1.25 bits per heavy atom. The zero-order chi connectivity index (χ0) is 23.3. The number of hydrogen-bond donors (Lipinski definition) is 2. The predicted octanol–water partition coefficient (Wildman–Crippen LogP) is 3.17. The number of rotatable bonds is 3. The topological polar surface area (TPSA) is 79.9 Å². The number of carbonyl (C=O) groups is 2. The fraction of sp³-hybridized carbons (Fsp3) is 0.417. The highest BCUT2D eigenvalue weighted by Crippen LogP contribution is 2.26. The Kier molecular flexibility index (Phi) is 7.82. The first kappa shape index (κ1) is 23.7. The number of carbonyl (C=O) groups excluding carboxylic acids is 2. The van der Waals surface area contributed by atoms with Crippen LogP contribution < -0.4 is 15.4 Å². The van der Waals surface area contributed by atoms with Crippen molar-refractivity contribution in [3.05, 3.63) is 59.4 Å². The highest BCUT2D eigenvalue weighted by molar-refractivity contribution is 6.05. The Morgan fingerprint density at radius 2 is 2.03 bits per heavy atom. The van der Waals surface area contributed by atoms with Gasteiger partial charge in [0.15, 0.2) is 0 Å². The summed E-state index contributed by atoms with van der Waals surface area (Å²) in [5, 5.41) is 6.16. The van der Waals surface area contributed by atoms with Gasteiger partial charge in [-0.25, -0.2) is 4.39 Å². The first-order valence-electron chi connectivity index (χ1n) is 10.6. The maximum atomic E-state index is 13.5. The van der Waals surface area contributed by atoms with Crippen molar-refractivity contribution in [3.8, 4) is 5.75 Å². The lowest BCUT2D eigenvalue weighted by Crippen LogP contribution is -2.44. The lowest BCUT2D eigenvalue weighted by Gasteiger charge is -2.30. The van der Waals surface area contributed by atoms with Crippen molar-refractivity contribution in [1.29, 1.82) is 0 Å². The van der Waals surface area contributed by atoms with Gasteiger partial charge in [0.1, 0.15) is 18.2 Å². The van der Waals surface area contributed by atoms with Gasteiger partial charge in [-0.1, -0.05) is 13.0 Å². The van der Waals surface area contributed by atoms with Crippen molar-refractivity contribution in [2.75, 3.05) is 39.2 Å². The molecule has 3 atom stereocenters. The van der Waals surface area contributed by atoms with Crippen molar-refractivity contribution in [2.24, 2.45) is 5.92 Å². The lowest BCUT2D eigenvalue weighted by atomic mass is 10.0. The van der Waals surface area contributed by atoms with Crippen LogP contribution in [0.5, 0.6) is 5.75 Å². The minimum atomic E-state index is -0.495. The van der Waals surface area contributed by atoms with Crippen LogP contribution in [0.2, 0.25) is 0 Å². The SMILES string of the molecule is CO[C@H]1CN(C)C(=O)c2cc(NC(=O)c3cccc(F)c3)ccc2OC[C@@H](C)NC[C@H]1C. The Hall–Kier alpha value is -2.97. The van der Waals surface area contributed by atoms with Crippen molar-refractivity contribution >= 4 is 17.5 Å². The van der Waals surface area contributed by atoms with E-state index in [4.69, 9.17) is 9.47 Å². The number of nitrogens with one attached hydrogen (secondary N) is 2. The summed E-state index contributed by atoms with van der Waals surface area (Å²) in [5.74, 6) is -0.581. The number of halogens is 1. The molecule has 172 valence electrons. The summed E-state index contributed by atoms with van der Waals surface area (Å²) in [6.45, 7) is 5.62. The standard InChI is InChI=1S/C24H30FN3O4/c1-15-12-26-16(2)14-32-21-9-8-19(27-23(29)17-6-5-7-18(25)10-17)11-20(21)24(30)28(3)13-22(15)31-4/h5-11,15-16,22,26H,12-14H2,1-4H3,(H,27,29)/t15-,16-,22+/m1/s1. The molecule has 1 aliphatic heterocycles. The molecule has 2 N–H and O–H groups in total. The van der Waals surface area contributed by atoms with E-state index in [0.717, 1.165) is 12.6 Å². The summed E-state index contributed by atoms with van der Waals surface area (Å²) >= 11 is 0. The van der Waals surface area contributed by atoms with Gasteiger partial charge in [0, 0.05) is 44.5 Å². The van der Waals surface area contributed by atoms with Gasteiger partial charge in [0.05, 0.1) is 11.7 Å². The molecule has 2 aromatic carbocycles. The maximum absolute atomic E-state index is 13.5. The number of likely N-dealkylation sites (N-methyl/N-ethyl adjacent to an activating group) is 1. The Bertz CT molecular complexity index is 968. The summed E-state index contributed by atoms with van der Waals surface area (Å²) in [5.41, 5.74) is 0.937. The molecule has 0 saturated carbocycles. The summed E-state index contributed by atoms with van der Waals surface area (Å²) in [7, 11) is 3.36. The second kappa shape index (κ2) is 10.6. The van der Waals surface area contributed by atoms with Crippen LogP contribution in [0.4, 0.5) is 10.1 Å². The average Bonchev–Trinajstić information content (AvgIpc) is 2.78. The second-order valence-corrected chi connectivity index (χ2v) is 8.23. The monoisotopic (exact) mass is 443 g/mol. The Morgan fingerprint density at radius 3 is 2.75 bits per heavy atom. The van der Waals surface area contributed by atoms with E-state index in [9.17, 15) is 14.0 Å². The molecule has 2 aromatic rings. The summed E-state index contributed by atoms with van der Waals surface area (Å²) in [6, 6.07) is 10.4.